The molecule has 1 amide bonds. The molecule has 1 aliphatic heterocycles. The molecule has 0 aromatic heterocycles. The van der Waals surface area contributed by atoms with Gasteiger partial charge in [0.25, 0.3) is 11.7 Å². The Balaban J connectivity index is 1.81. The fourth-order valence-corrected chi connectivity index (χ4v) is 4.64. The molecule has 1 fully saturated rings. The zero-order valence-electron chi connectivity index (χ0n) is 18.4. The molecule has 1 heterocycles. The van der Waals surface area contributed by atoms with Crippen molar-refractivity contribution in [3.05, 3.63) is 119 Å². The molecule has 4 aromatic rings. The lowest BCUT2D eigenvalue weighted by molar-refractivity contribution is -0.132. The van der Waals surface area contributed by atoms with Gasteiger partial charge in [0, 0.05) is 11.3 Å². The van der Waals surface area contributed by atoms with Gasteiger partial charge >= 0.3 is 0 Å². The van der Waals surface area contributed by atoms with Gasteiger partial charge in [-0.05, 0) is 53.4 Å². The molecule has 0 spiro atoms. The molecule has 1 unspecified atom stereocenters. The number of ketones is 1. The van der Waals surface area contributed by atoms with Crippen LogP contribution >= 0.6 is 0 Å². The summed E-state index contributed by atoms with van der Waals surface area (Å²) in [7, 11) is 0. The minimum Gasteiger partial charge on any atom is -0.507 e. The molecular formula is C29H23NO3. The van der Waals surface area contributed by atoms with Crippen LogP contribution in [0.1, 0.15) is 28.3 Å². The van der Waals surface area contributed by atoms with E-state index in [9.17, 15) is 14.7 Å². The average molecular weight is 434 g/mol. The van der Waals surface area contributed by atoms with E-state index in [4.69, 9.17) is 0 Å². The first kappa shape index (κ1) is 20.7. The Morgan fingerprint density at radius 3 is 2.30 bits per heavy atom. The molecule has 1 aliphatic rings. The number of fused-ring (bicyclic) bond motifs is 1. The maximum atomic E-state index is 13.4. The largest absolute Gasteiger partial charge is 0.507 e. The van der Waals surface area contributed by atoms with Crippen LogP contribution in [0.25, 0.3) is 16.5 Å². The van der Waals surface area contributed by atoms with Gasteiger partial charge in [-0.3, -0.25) is 14.5 Å². The highest BCUT2D eigenvalue weighted by molar-refractivity contribution is 6.51. The first-order chi connectivity index (χ1) is 16.0. The highest BCUT2D eigenvalue weighted by Gasteiger charge is 2.47. The number of rotatable bonds is 3. The maximum absolute atomic E-state index is 13.4. The van der Waals surface area contributed by atoms with Crippen molar-refractivity contribution in [2.45, 2.75) is 19.9 Å². The van der Waals surface area contributed by atoms with Crippen LogP contribution in [0.2, 0.25) is 0 Å². The Morgan fingerprint density at radius 1 is 0.818 bits per heavy atom. The summed E-state index contributed by atoms with van der Waals surface area (Å²) in [6.45, 7) is 3.89. The van der Waals surface area contributed by atoms with E-state index in [1.807, 2.05) is 98.8 Å². The van der Waals surface area contributed by atoms with Gasteiger partial charge in [-0.15, -0.1) is 0 Å². The first-order valence-corrected chi connectivity index (χ1v) is 10.9. The highest BCUT2D eigenvalue weighted by Crippen LogP contribution is 2.43. The lowest BCUT2D eigenvalue weighted by Crippen LogP contribution is -2.29. The van der Waals surface area contributed by atoms with E-state index in [0.717, 1.165) is 27.5 Å². The van der Waals surface area contributed by atoms with Crippen molar-refractivity contribution >= 4 is 33.9 Å². The average Bonchev–Trinajstić information content (AvgIpc) is 3.09. The molecule has 4 heteroatoms. The second-order valence-corrected chi connectivity index (χ2v) is 8.39. The van der Waals surface area contributed by atoms with Crippen molar-refractivity contribution < 1.29 is 14.7 Å². The minimum atomic E-state index is -0.730. The summed E-state index contributed by atoms with van der Waals surface area (Å²) in [5, 5.41) is 13.3. The fraction of sp³-hybridized carbons (Fsp3) is 0.103. The molecule has 0 radical (unpaired) electrons. The van der Waals surface area contributed by atoms with Crippen LogP contribution in [0.5, 0.6) is 0 Å². The van der Waals surface area contributed by atoms with Crippen molar-refractivity contribution in [3.63, 3.8) is 0 Å². The van der Waals surface area contributed by atoms with Crippen molar-refractivity contribution in [1.82, 2.24) is 0 Å². The minimum absolute atomic E-state index is 0.104. The van der Waals surface area contributed by atoms with Gasteiger partial charge in [-0.2, -0.15) is 0 Å². The number of benzene rings is 4. The highest BCUT2D eigenvalue weighted by atomic mass is 16.3. The predicted octanol–water partition coefficient (Wildman–Crippen LogP) is 6.08. The molecule has 0 saturated carbocycles. The molecule has 4 nitrogen and oxygen atoms in total. The quantitative estimate of drug-likeness (QED) is 0.242. The molecule has 0 aliphatic carbocycles. The Morgan fingerprint density at radius 2 is 1.52 bits per heavy atom. The number of anilines is 1. The Labute approximate surface area is 192 Å². The topological polar surface area (TPSA) is 57.6 Å². The number of amides is 1. The van der Waals surface area contributed by atoms with Gasteiger partial charge in [0.15, 0.2) is 0 Å². The Bertz CT molecular complexity index is 1440. The Kier molecular flexibility index (Phi) is 5.06. The van der Waals surface area contributed by atoms with Crippen molar-refractivity contribution in [1.29, 1.82) is 0 Å². The summed E-state index contributed by atoms with van der Waals surface area (Å²) in [4.78, 5) is 28.3. The van der Waals surface area contributed by atoms with Crippen LogP contribution in [0.15, 0.2) is 96.6 Å². The number of nitrogens with zero attached hydrogens (tertiary/aromatic N) is 1. The third kappa shape index (κ3) is 3.40. The lowest BCUT2D eigenvalue weighted by Gasteiger charge is -2.27. The fourth-order valence-electron chi connectivity index (χ4n) is 4.64. The molecule has 5 rings (SSSR count). The second kappa shape index (κ2) is 8.06. The molecule has 33 heavy (non-hydrogen) atoms. The summed E-state index contributed by atoms with van der Waals surface area (Å²) < 4.78 is 0. The smallest absolute Gasteiger partial charge is 0.300 e. The van der Waals surface area contributed by atoms with Gasteiger partial charge in [-0.1, -0.05) is 78.9 Å². The molecule has 1 atom stereocenters. The van der Waals surface area contributed by atoms with Crippen LogP contribution in [0.4, 0.5) is 5.69 Å². The number of aliphatic hydroxyl groups is 1. The summed E-state index contributed by atoms with van der Waals surface area (Å²) in [5.74, 6) is -1.49. The monoisotopic (exact) mass is 433 g/mol. The van der Waals surface area contributed by atoms with E-state index in [1.54, 1.807) is 6.07 Å². The number of Topliss-reactive ketones (excluding diaryl/α,β-unsaturated/α-hetero) is 1. The standard InChI is InChI=1S/C29H23NO3/c1-18-9-7-13-21(17-18)30-26(22-14-5-3-10-19(22)2)25(28(32)29(30)33)27(31)24-16-8-12-20-11-4-6-15-23(20)24/h3-17,26,31H,1-2H3/b27-25+. The molecule has 1 N–H and O–H groups in total. The third-order valence-electron chi connectivity index (χ3n) is 6.25. The molecule has 4 aromatic carbocycles. The lowest BCUT2D eigenvalue weighted by atomic mass is 9.91. The summed E-state index contributed by atoms with van der Waals surface area (Å²) >= 11 is 0. The number of carbonyl (C=O) groups is 2. The summed E-state index contributed by atoms with van der Waals surface area (Å²) in [6.07, 6.45) is 0. The third-order valence-corrected chi connectivity index (χ3v) is 6.25. The van der Waals surface area contributed by atoms with Crippen LogP contribution < -0.4 is 4.90 Å². The number of carbonyl (C=O) groups excluding carboxylic acids is 2. The van der Waals surface area contributed by atoms with Crippen molar-refractivity contribution in [2.24, 2.45) is 0 Å². The van der Waals surface area contributed by atoms with E-state index in [1.165, 1.54) is 4.90 Å². The van der Waals surface area contributed by atoms with E-state index >= 15 is 0 Å². The molecule has 1 saturated heterocycles. The van der Waals surface area contributed by atoms with Crippen LogP contribution in [0, 0.1) is 13.8 Å². The van der Waals surface area contributed by atoms with Crippen molar-refractivity contribution in [3.8, 4) is 0 Å². The molecule has 162 valence electrons. The second-order valence-electron chi connectivity index (χ2n) is 8.39. The number of hydrogen-bond donors (Lipinski definition) is 1. The number of hydrogen-bond acceptors (Lipinski definition) is 3. The van der Waals surface area contributed by atoms with E-state index < -0.39 is 17.7 Å². The van der Waals surface area contributed by atoms with Gasteiger partial charge in [0.2, 0.25) is 0 Å². The maximum Gasteiger partial charge on any atom is 0.300 e. The van der Waals surface area contributed by atoms with Crippen molar-refractivity contribution in [2.75, 3.05) is 4.90 Å². The summed E-state index contributed by atoms with van der Waals surface area (Å²) in [6, 6.07) is 27.7. The van der Waals surface area contributed by atoms with Gasteiger partial charge in [0.05, 0.1) is 11.6 Å². The molecule has 0 bridgehead atoms. The number of aliphatic hydroxyl groups excluding tert-OH is 1. The predicted molar refractivity (Wildman–Crippen MR) is 131 cm³/mol. The van der Waals surface area contributed by atoms with Gasteiger partial charge in [-0.25, -0.2) is 0 Å². The normalized spacial score (nSPS) is 17.6. The van der Waals surface area contributed by atoms with E-state index in [-0.39, 0.29) is 11.3 Å². The first-order valence-electron chi connectivity index (χ1n) is 10.9. The zero-order valence-corrected chi connectivity index (χ0v) is 18.4. The summed E-state index contributed by atoms with van der Waals surface area (Å²) in [5.41, 5.74) is 3.99. The van der Waals surface area contributed by atoms with Crippen LogP contribution in [-0.4, -0.2) is 16.8 Å². The van der Waals surface area contributed by atoms with E-state index in [0.29, 0.717) is 11.3 Å². The van der Waals surface area contributed by atoms with Crippen LogP contribution in [-0.2, 0) is 9.59 Å². The van der Waals surface area contributed by atoms with Gasteiger partial charge in [0.1, 0.15) is 5.76 Å². The number of aryl methyl sites for hydroxylation is 2. The van der Waals surface area contributed by atoms with E-state index in [2.05, 4.69) is 0 Å². The zero-order chi connectivity index (χ0) is 23.1. The Hall–Kier alpha value is -4.18. The SMILES string of the molecule is Cc1cccc(N2C(=O)C(=O)/C(=C(/O)c3cccc4ccccc34)C2c2ccccc2C)c1. The molecular weight excluding hydrogens is 410 g/mol. The van der Waals surface area contributed by atoms with Crippen LogP contribution in [0.3, 0.4) is 0 Å². The van der Waals surface area contributed by atoms with Gasteiger partial charge < -0.3 is 5.11 Å².